The van der Waals surface area contributed by atoms with E-state index in [4.69, 9.17) is 4.42 Å². The van der Waals surface area contributed by atoms with Gasteiger partial charge in [0, 0.05) is 12.0 Å². The average molecular weight is 357 g/mol. The Hall–Kier alpha value is -3.12. The molecule has 0 fully saturated rings. The highest BCUT2D eigenvalue weighted by Gasteiger charge is 2.12. The number of benzene rings is 2. The number of hydrogen-bond donors (Lipinski definition) is 0. The minimum Gasteiger partial charge on any atom is -0.428 e. The van der Waals surface area contributed by atoms with Gasteiger partial charge in [0.15, 0.2) is 0 Å². The lowest BCUT2D eigenvalue weighted by molar-refractivity contribution is 0.470. The molecule has 3 aromatic rings. The molecule has 0 aliphatic carbocycles. The van der Waals surface area contributed by atoms with Gasteiger partial charge in [-0.3, -0.25) is 0 Å². The number of aryl methyl sites for hydroxylation is 2. The van der Waals surface area contributed by atoms with Crippen molar-refractivity contribution in [1.29, 1.82) is 5.26 Å². The van der Waals surface area contributed by atoms with Gasteiger partial charge in [-0.25, -0.2) is 4.79 Å². The fraction of sp³-hybridized carbons (Fsp3) is 0.250. The lowest BCUT2D eigenvalue weighted by Crippen LogP contribution is -2.13. The van der Waals surface area contributed by atoms with Crippen molar-refractivity contribution in [2.75, 3.05) is 0 Å². The third-order valence-corrected chi connectivity index (χ3v) is 4.76. The van der Waals surface area contributed by atoms with Crippen LogP contribution in [0, 0.1) is 18.3 Å². The zero-order chi connectivity index (χ0) is 19.2. The molecule has 0 spiro atoms. The average Bonchev–Trinajstić information content (AvgIpc) is 2.69. The zero-order valence-electron chi connectivity index (χ0n) is 15.8. The lowest BCUT2D eigenvalue weighted by atomic mass is 9.95. The van der Waals surface area contributed by atoms with Gasteiger partial charge < -0.3 is 4.42 Å². The summed E-state index contributed by atoms with van der Waals surface area (Å²) in [5.41, 5.74) is 5.24. The van der Waals surface area contributed by atoms with Crippen LogP contribution in [0.15, 0.2) is 63.8 Å². The van der Waals surface area contributed by atoms with Crippen LogP contribution in [0.1, 0.15) is 47.8 Å². The van der Waals surface area contributed by atoms with E-state index < -0.39 is 0 Å². The van der Waals surface area contributed by atoms with E-state index in [1.165, 1.54) is 0 Å². The van der Waals surface area contributed by atoms with Crippen LogP contribution in [0.3, 0.4) is 0 Å². The minimum absolute atomic E-state index is 0.236. The molecule has 0 saturated heterocycles. The first-order valence-electron chi connectivity index (χ1n) is 9.33. The van der Waals surface area contributed by atoms with E-state index in [-0.39, 0.29) is 5.63 Å². The van der Waals surface area contributed by atoms with Gasteiger partial charge in [-0.05, 0) is 54.2 Å². The first-order valence-corrected chi connectivity index (χ1v) is 9.33. The van der Waals surface area contributed by atoms with Crippen molar-refractivity contribution in [3.05, 3.63) is 93.0 Å². The molecule has 1 aromatic heterocycles. The van der Waals surface area contributed by atoms with Gasteiger partial charge in [0.25, 0.3) is 0 Å². The quantitative estimate of drug-likeness (QED) is 0.592. The molecule has 0 unspecified atom stereocenters. The van der Waals surface area contributed by atoms with Gasteiger partial charge >= 0.3 is 5.63 Å². The zero-order valence-corrected chi connectivity index (χ0v) is 15.8. The van der Waals surface area contributed by atoms with E-state index in [2.05, 4.69) is 13.0 Å². The van der Waals surface area contributed by atoms with E-state index in [1.807, 2.05) is 61.5 Å². The first kappa shape index (κ1) is 18.7. The van der Waals surface area contributed by atoms with Crippen molar-refractivity contribution in [3.63, 3.8) is 0 Å². The van der Waals surface area contributed by atoms with Crippen molar-refractivity contribution in [3.8, 4) is 17.2 Å². The van der Waals surface area contributed by atoms with Gasteiger partial charge in [0.1, 0.15) is 5.76 Å². The summed E-state index contributed by atoms with van der Waals surface area (Å²) in [7, 11) is 0. The van der Waals surface area contributed by atoms with Crippen LogP contribution < -0.4 is 5.63 Å². The predicted octanol–water partition coefficient (Wildman–Crippen LogP) is 5.42. The Morgan fingerprint density at radius 2 is 1.81 bits per heavy atom. The Morgan fingerprint density at radius 1 is 1.07 bits per heavy atom. The first-order chi connectivity index (χ1) is 13.1. The number of nitrogens with zero attached hydrogens (tertiary/aromatic N) is 1. The summed E-state index contributed by atoms with van der Waals surface area (Å²) in [6, 6.07) is 19.8. The Labute approximate surface area is 159 Å². The van der Waals surface area contributed by atoms with E-state index in [0.29, 0.717) is 17.7 Å². The van der Waals surface area contributed by atoms with Gasteiger partial charge in [-0.2, -0.15) is 5.26 Å². The summed E-state index contributed by atoms with van der Waals surface area (Å²) in [5.74, 6) is 0.665. The molecule has 0 N–H and O–H groups in total. The van der Waals surface area contributed by atoms with Crippen molar-refractivity contribution in [1.82, 2.24) is 0 Å². The van der Waals surface area contributed by atoms with Crippen LogP contribution >= 0.6 is 0 Å². The number of rotatable bonds is 6. The summed E-state index contributed by atoms with van der Waals surface area (Å²) >= 11 is 0. The molecule has 0 bridgehead atoms. The highest BCUT2D eigenvalue weighted by molar-refractivity contribution is 5.70. The molecule has 1 heterocycles. The molecule has 0 saturated carbocycles. The molecule has 3 rings (SSSR count). The monoisotopic (exact) mass is 357 g/mol. The van der Waals surface area contributed by atoms with Crippen LogP contribution in [0.2, 0.25) is 0 Å². The molecule has 136 valence electrons. The molecular weight excluding hydrogens is 334 g/mol. The van der Waals surface area contributed by atoms with Crippen LogP contribution in [-0.4, -0.2) is 0 Å². The maximum Gasteiger partial charge on any atom is 0.339 e. The number of unbranched alkanes of at least 4 members (excludes halogenated alkanes) is 1. The minimum atomic E-state index is -0.236. The Morgan fingerprint density at radius 3 is 2.52 bits per heavy atom. The predicted molar refractivity (Wildman–Crippen MR) is 108 cm³/mol. The van der Waals surface area contributed by atoms with E-state index in [0.717, 1.165) is 47.1 Å². The summed E-state index contributed by atoms with van der Waals surface area (Å²) in [4.78, 5) is 12.4. The van der Waals surface area contributed by atoms with Crippen molar-refractivity contribution in [2.24, 2.45) is 0 Å². The maximum absolute atomic E-state index is 12.4. The van der Waals surface area contributed by atoms with Gasteiger partial charge in [0.05, 0.1) is 11.6 Å². The van der Waals surface area contributed by atoms with E-state index >= 15 is 0 Å². The standard InChI is InChI=1S/C24H23NO2/c1-3-4-7-20-14-17(2)27-24(26)23(20)15-18-10-12-19(13-11-18)22-9-6-5-8-21(22)16-25/h5-6,8-14H,3-4,7,15H2,1-2H3. The molecule has 0 radical (unpaired) electrons. The number of hydrogen-bond acceptors (Lipinski definition) is 3. The van der Waals surface area contributed by atoms with Gasteiger partial charge in [-0.15, -0.1) is 0 Å². The number of nitriles is 1. The van der Waals surface area contributed by atoms with Gasteiger partial charge in [0.2, 0.25) is 0 Å². The second-order valence-corrected chi connectivity index (χ2v) is 6.78. The second-order valence-electron chi connectivity index (χ2n) is 6.78. The smallest absolute Gasteiger partial charge is 0.339 e. The highest BCUT2D eigenvalue weighted by atomic mass is 16.4. The van der Waals surface area contributed by atoms with Crippen LogP contribution in [0.4, 0.5) is 0 Å². The summed E-state index contributed by atoms with van der Waals surface area (Å²) < 4.78 is 5.33. The molecule has 2 aromatic carbocycles. The summed E-state index contributed by atoms with van der Waals surface area (Å²) in [5, 5.41) is 9.29. The fourth-order valence-electron chi connectivity index (χ4n) is 3.32. The molecule has 0 aliphatic rings. The second kappa shape index (κ2) is 8.51. The van der Waals surface area contributed by atoms with Crippen molar-refractivity contribution in [2.45, 2.75) is 39.5 Å². The third kappa shape index (κ3) is 4.35. The summed E-state index contributed by atoms with van der Waals surface area (Å²) in [6.45, 7) is 3.97. The molecule has 0 atom stereocenters. The normalized spacial score (nSPS) is 10.6. The van der Waals surface area contributed by atoms with Gasteiger partial charge in [-0.1, -0.05) is 55.8 Å². The Kier molecular flexibility index (Phi) is 5.88. The molecule has 0 amide bonds. The van der Waals surface area contributed by atoms with E-state index in [1.54, 1.807) is 0 Å². The Bertz CT molecular complexity index is 1020. The van der Waals surface area contributed by atoms with Crippen LogP contribution in [0.5, 0.6) is 0 Å². The molecule has 0 aliphatic heterocycles. The molecule has 3 heteroatoms. The maximum atomic E-state index is 12.4. The Balaban J connectivity index is 1.90. The van der Waals surface area contributed by atoms with Crippen molar-refractivity contribution >= 4 is 0 Å². The topological polar surface area (TPSA) is 54.0 Å². The van der Waals surface area contributed by atoms with Crippen LogP contribution in [0.25, 0.3) is 11.1 Å². The highest BCUT2D eigenvalue weighted by Crippen LogP contribution is 2.24. The lowest BCUT2D eigenvalue weighted by Gasteiger charge is -2.10. The largest absolute Gasteiger partial charge is 0.428 e. The summed E-state index contributed by atoms with van der Waals surface area (Å²) in [6.07, 6.45) is 3.60. The molecule has 27 heavy (non-hydrogen) atoms. The molecular formula is C24H23NO2. The van der Waals surface area contributed by atoms with Crippen molar-refractivity contribution < 1.29 is 4.42 Å². The fourth-order valence-corrected chi connectivity index (χ4v) is 3.32. The van der Waals surface area contributed by atoms with E-state index in [9.17, 15) is 10.1 Å². The third-order valence-electron chi connectivity index (χ3n) is 4.76. The molecule has 3 nitrogen and oxygen atoms in total. The van der Waals surface area contributed by atoms with Crippen LogP contribution in [-0.2, 0) is 12.8 Å². The SMILES string of the molecule is CCCCc1cc(C)oc(=O)c1Cc1ccc(-c2ccccc2C#N)cc1.